The Morgan fingerprint density at radius 3 is 2.40 bits per heavy atom. The van der Waals surface area contributed by atoms with Gasteiger partial charge in [-0.15, -0.1) is 0 Å². The summed E-state index contributed by atoms with van der Waals surface area (Å²) in [5.74, 6) is 0.254. The van der Waals surface area contributed by atoms with Crippen molar-refractivity contribution in [2.75, 3.05) is 36.8 Å². The second kappa shape index (κ2) is 6.45. The van der Waals surface area contributed by atoms with Crippen LogP contribution in [-0.2, 0) is 10.0 Å². The lowest BCUT2D eigenvalue weighted by Gasteiger charge is -2.36. The zero-order valence-corrected chi connectivity index (χ0v) is 14.4. The van der Waals surface area contributed by atoms with E-state index in [2.05, 4.69) is 39.9 Å². The minimum absolute atomic E-state index is 0.254. The summed E-state index contributed by atoms with van der Waals surface area (Å²) in [6.07, 6.45) is 0.675. The molecule has 1 heterocycles. The molecule has 1 aromatic carbocycles. The van der Waals surface area contributed by atoms with Gasteiger partial charge in [-0.05, 0) is 37.1 Å². The van der Waals surface area contributed by atoms with E-state index in [1.807, 2.05) is 13.0 Å². The van der Waals surface area contributed by atoms with Crippen molar-refractivity contribution in [2.24, 2.45) is 0 Å². The maximum Gasteiger partial charge on any atom is 0.214 e. The molecule has 1 saturated heterocycles. The van der Waals surface area contributed by atoms with E-state index in [1.165, 1.54) is 11.3 Å². The van der Waals surface area contributed by atoms with E-state index in [1.54, 1.807) is 4.31 Å². The predicted octanol–water partition coefficient (Wildman–Crippen LogP) is 2.62. The van der Waals surface area contributed by atoms with Gasteiger partial charge in [0.05, 0.1) is 5.75 Å². The number of piperazine rings is 1. The first-order valence-corrected chi connectivity index (χ1v) is 9.33. The average Bonchev–Trinajstić information content (AvgIpc) is 2.39. The minimum Gasteiger partial charge on any atom is -0.369 e. The number of hydrogen-bond donors (Lipinski definition) is 0. The van der Waals surface area contributed by atoms with Gasteiger partial charge in [-0.25, -0.2) is 8.42 Å². The molecule has 0 amide bonds. The fraction of sp³-hybridized carbons (Fsp3) is 0.571. The van der Waals surface area contributed by atoms with Crippen molar-refractivity contribution in [1.29, 1.82) is 0 Å². The number of nitrogens with zero attached hydrogens (tertiary/aromatic N) is 2. The van der Waals surface area contributed by atoms with Crippen molar-refractivity contribution < 1.29 is 8.42 Å². The highest BCUT2D eigenvalue weighted by atomic mass is 79.9. The van der Waals surface area contributed by atoms with Gasteiger partial charge < -0.3 is 4.90 Å². The van der Waals surface area contributed by atoms with Gasteiger partial charge in [-0.3, -0.25) is 0 Å². The average molecular weight is 361 g/mol. The quantitative estimate of drug-likeness (QED) is 0.828. The van der Waals surface area contributed by atoms with Crippen LogP contribution in [0.2, 0.25) is 0 Å². The van der Waals surface area contributed by atoms with E-state index in [4.69, 9.17) is 0 Å². The topological polar surface area (TPSA) is 40.6 Å². The zero-order chi connectivity index (χ0) is 14.8. The molecular formula is C14H21BrN2O2S. The Kier molecular flexibility index (Phi) is 5.09. The highest BCUT2D eigenvalue weighted by molar-refractivity contribution is 9.10. The minimum atomic E-state index is -3.06. The summed E-state index contributed by atoms with van der Waals surface area (Å²) in [6, 6.07) is 6.22. The van der Waals surface area contributed by atoms with E-state index in [-0.39, 0.29) is 5.75 Å². The Labute approximate surface area is 129 Å². The molecule has 6 heteroatoms. The van der Waals surface area contributed by atoms with E-state index < -0.39 is 10.0 Å². The van der Waals surface area contributed by atoms with Crippen LogP contribution >= 0.6 is 15.9 Å². The molecule has 0 aliphatic carbocycles. The Balaban J connectivity index is 2.04. The number of benzene rings is 1. The van der Waals surface area contributed by atoms with Gasteiger partial charge in [0.2, 0.25) is 10.0 Å². The first-order valence-electron chi connectivity index (χ1n) is 6.93. The number of aryl methyl sites for hydroxylation is 1. The summed E-state index contributed by atoms with van der Waals surface area (Å²) in [7, 11) is -3.06. The monoisotopic (exact) mass is 360 g/mol. The standard InChI is InChI=1S/C14H21BrN2O2S/c1-3-10-20(18,19)17-8-6-16(7-9-17)14-5-4-13(15)11-12(14)2/h4-5,11H,3,6-10H2,1-2H3. The molecule has 0 aromatic heterocycles. The van der Waals surface area contributed by atoms with Crippen LogP contribution in [0.5, 0.6) is 0 Å². The predicted molar refractivity (Wildman–Crippen MR) is 86.7 cm³/mol. The number of anilines is 1. The molecule has 20 heavy (non-hydrogen) atoms. The third kappa shape index (κ3) is 3.54. The fourth-order valence-corrected chi connectivity index (χ4v) is 4.54. The van der Waals surface area contributed by atoms with Crippen molar-refractivity contribution in [3.05, 3.63) is 28.2 Å². The molecule has 0 N–H and O–H groups in total. The smallest absolute Gasteiger partial charge is 0.214 e. The third-order valence-electron chi connectivity index (χ3n) is 3.59. The SMILES string of the molecule is CCCS(=O)(=O)N1CCN(c2ccc(Br)cc2C)CC1. The Bertz CT molecular complexity index is 567. The third-order valence-corrected chi connectivity index (χ3v) is 6.16. The molecule has 2 rings (SSSR count). The normalized spacial score (nSPS) is 17.4. The number of rotatable bonds is 4. The second-order valence-electron chi connectivity index (χ2n) is 5.13. The Hall–Kier alpha value is -0.590. The lowest BCUT2D eigenvalue weighted by atomic mass is 10.1. The molecule has 1 fully saturated rings. The van der Waals surface area contributed by atoms with Crippen molar-refractivity contribution in [3.63, 3.8) is 0 Å². The molecule has 112 valence electrons. The van der Waals surface area contributed by atoms with Crippen molar-refractivity contribution in [1.82, 2.24) is 4.31 Å². The Morgan fingerprint density at radius 1 is 1.20 bits per heavy atom. The van der Waals surface area contributed by atoms with Crippen molar-refractivity contribution in [3.8, 4) is 0 Å². The maximum absolute atomic E-state index is 12.0. The van der Waals surface area contributed by atoms with Crippen LogP contribution in [0.3, 0.4) is 0 Å². The largest absolute Gasteiger partial charge is 0.369 e. The van der Waals surface area contributed by atoms with E-state index in [0.717, 1.165) is 17.6 Å². The molecule has 1 aromatic rings. The number of sulfonamides is 1. The van der Waals surface area contributed by atoms with E-state index in [9.17, 15) is 8.42 Å². The van der Waals surface area contributed by atoms with Gasteiger partial charge >= 0.3 is 0 Å². The van der Waals surface area contributed by atoms with Crippen LogP contribution in [0.25, 0.3) is 0 Å². The summed E-state index contributed by atoms with van der Waals surface area (Å²) in [5, 5.41) is 0. The summed E-state index contributed by atoms with van der Waals surface area (Å²) in [5.41, 5.74) is 2.41. The lowest BCUT2D eigenvalue weighted by Crippen LogP contribution is -2.49. The van der Waals surface area contributed by atoms with Gasteiger partial charge in [0, 0.05) is 36.3 Å². The van der Waals surface area contributed by atoms with Crippen LogP contribution in [0.15, 0.2) is 22.7 Å². The summed E-state index contributed by atoms with van der Waals surface area (Å²) >= 11 is 3.47. The van der Waals surface area contributed by atoms with Crippen LogP contribution in [-0.4, -0.2) is 44.7 Å². The van der Waals surface area contributed by atoms with Gasteiger partial charge in [-0.1, -0.05) is 22.9 Å². The first kappa shape index (κ1) is 15.8. The second-order valence-corrected chi connectivity index (χ2v) is 8.14. The van der Waals surface area contributed by atoms with Gasteiger partial charge in [-0.2, -0.15) is 4.31 Å². The van der Waals surface area contributed by atoms with E-state index >= 15 is 0 Å². The molecule has 0 bridgehead atoms. The summed E-state index contributed by atoms with van der Waals surface area (Å²) in [6.45, 7) is 6.66. The summed E-state index contributed by atoms with van der Waals surface area (Å²) in [4.78, 5) is 2.26. The molecule has 0 atom stereocenters. The van der Waals surface area contributed by atoms with E-state index in [0.29, 0.717) is 19.5 Å². The van der Waals surface area contributed by atoms with Crippen LogP contribution < -0.4 is 4.90 Å². The molecule has 0 saturated carbocycles. The number of hydrogen-bond acceptors (Lipinski definition) is 3. The van der Waals surface area contributed by atoms with Gasteiger partial charge in [0.15, 0.2) is 0 Å². The molecular weight excluding hydrogens is 340 g/mol. The van der Waals surface area contributed by atoms with Crippen molar-refractivity contribution >= 4 is 31.6 Å². The number of halogens is 1. The lowest BCUT2D eigenvalue weighted by molar-refractivity contribution is 0.384. The molecule has 4 nitrogen and oxygen atoms in total. The fourth-order valence-electron chi connectivity index (χ4n) is 2.57. The van der Waals surface area contributed by atoms with Crippen LogP contribution in [0.4, 0.5) is 5.69 Å². The Morgan fingerprint density at radius 2 is 1.85 bits per heavy atom. The molecule has 0 spiro atoms. The molecule has 0 radical (unpaired) electrons. The van der Waals surface area contributed by atoms with Crippen molar-refractivity contribution in [2.45, 2.75) is 20.3 Å². The maximum atomic E-state index is 12.0. The highest BCUT2D eigenvalue weighted by Crippen LogP contribution is 2.25. The zero-order valence-electron chi connectivity index (χ0n) is 12.0. The highest BCUT2D eigenvalue weighted by Gasteiger charge is 2.26. The summed E-state index contributed by atoms with van der Waals surface area (Å²) < 4.78 is 26.8. The molecule has 1 aliphatic rings. The van der Waals surface area contributed by atoms with Gasteiger partial charge in [0.1, 0.15) is 0 Å². The van der Waals surface area contributed by atoms with Gasteiger partial charge in [0.25, 0.3) is 0 Å². The van der Waals surface area contributed by atoms with Crippen LogP contribution in [0.1, 0.15) is 18.9 Å². The van der Waals surface area contributed by atoms with Crippen LogP contribution in [0, 0.1) is 6.92 Å². The molecule has 0 unspecified atom stereocenters. The molecule has 1 aliphatic heterocycles. The first-order chi connectivity index (χ1) is 9.44.